The number of methoxy groups -OCH3 is 1. The third kappa shape index (κ3) is 6.38. The van der Waals surface area contributed by atoms with Crippen molar-refractivity contribution in [3.05, 3.63) is 29.8 Å². The number of hydrogen-bond donors (Lipinski definition) is 2. The average Bonchev–Trinajstić information content (AvgIpc) is 2.73. The van der Waals surface area contributed by atoms with Crippen LogP contribution in [0, 0.1) is 11.8 Å². The van der Waals surface area contributed by atoms with E-state index >= 15 is 0 Å². The molecule has 1 aliphatic carbocycles. The van der Waals surface area contributed by atoms with Gasteiger partial charge in [0.05, 0.1) is 19.6 Å². The van der Waals surface area contributed by atoms with Crippen LogP contribution in [0.1, 0.15) is 48.9 Å². The van der Waals surface area contributed by atoms with E-state index in [-0.39, 0.29) is 36.2 Å². The summed E-state index contributed by atoms with van der Waals surface area (Å²) >= 11 is 0. The van der Waals surface area contributed by atoms with Crippen LogP contribution in [0.2, 0.25) is 0 Å². The standard InChI is InChI=1S/C21H30N2O4.ClH/c1-26-21(25)17-2-6-18(7-3-17)23-20(24)16-4-8-19(9-5-16)27-14-15-10-12-22-13-11-15;/h4-5,8-9,15,17-18,22H,2-3,6-7,10-14H2,1H3,(H,23,24);1H. The van der Waals surface area contributed by atoms with Gasteiger partial charge in [0.2, 0.25) is 0 Å². The van der Waals surface area contributed by atoms with Crippen LogP contribution in [0.5, 0.6) is 5.75 Å². The van der Waals surface area contributed by atoms with Crippen LogP contribution >= 0.6 is 12.4 Å². The molecular formula is C21H31ClN2O4. The summed E-state index contributed by atoms with van der Waals surface area (Å²) in [6, 6.07) is 7.48. The number of halogens is 1. The van der Waals surface area contributed by atoms with E-state index in [0.29, 0.717) is 11.5 Å². The molecule has 0 unspecified atom stereocenters. The molecule has 2 fully saturated rings. The topological polar surface area (TPSA) is 76.7 Å². The van der Waals surface area contributed by atoms with Crippen LogP contribution < -0.4 is 15.4 Å². The quantitative estimate of drug-likeness (QED) is 0.705. The van der Waals surface area contributed by atoms with Gasteiger partial charge in [-0.1, -0.05) is 0 Å². The molecule has 7 heteroatoms. The van der Waals surface area contributed by atoms with Crippen molar-refractivity contribution in [1.29, 1.82) is 0 Å². The predicted molar refractivity (Wildman–Crippen MR) is 110 cm³/mol. The van der Waals surface area contributed by atoms with E-state index in [1.807, 2.05) is 24.3 Å². The van der Waals surface area contributed by atoms with E-state index in [0.717, 1.165) is 64.0 Å². The van der Waals surface area contributed by atoms with Gasteiger partial charge in [-0.3, -0.25) is 9.59 Å². The fraction of sp³-hybridized carbons (Fsp3) is 0.619. The summed E-state index contributed by atoms with van der Waals surface area (Å²) in [5, 5.41) is 6.43. The van der Waals surface area contributed by atoms with Gasteiger partial charge >= 0.3 is 5.97 Å². The smallest absolute Gasteiger partial charge is 0.308 e. The molecule has 6 nitrogen and oxygen atoms in total. The third-order valence-corrected chi connectivity index (χ3v) is 5.66. The summed E-state index contributed by atoms with van der Waals surface area (Å²) in [5.41, 5.74) is 0.638. The molecule has 28 heavy (non-hydrogen) atoms. The molecule has 1 aromatic carbocycles. The maximum Gasteiger partial charge on any atom is 0.308 e. The largest absolute Gasteiger partial charge is 0.493 e. The van der Waals surface area contributed by atoms with E-state index in [2.05, 4.69) is 10.6 Å². The van der Waals surface area contributed by atoms with Gasteiger partial charge in [-0.2, -0.15) is 0 Å². The summed E-state index contributed by atoms with van der Waals surface area (Å²) in [6.45, 7) is 2.86. The van der Waals surface area contributed by atoms with Gasteiger partial charge in [0.25, 0.3) is 5.91 Å². The second-order valence-electron chi connectivity index (χ2n) is 7.57. The Balaban J connectivity index is 0.00000280. The minimum atomic E-state index is -0.139. The Labute approximate surface area is 173 Å². The first-order chi connectivity index (χ1) is 13.2. The lowest BCUT2D eigenvalue weighted by atomic mass is 9.86. The van der Waals surface area contributed by atoms with Gasteiger partial charge in [0.1, 0.15) is 5.75 Å². The minimum Gasteiger partial charge on any atom is -0.493 e. The van der Waals surface area contributed by atoms with Crippen molar-refractivity contribution in [2.24, 2.45) is 11.8 Å². The molecule has 1 amide bonds. The highest BCUT2D eigenvalue weighted by molar-refractivity contribution is 5.94. The average molecular weight is 411 g/mol. The molecule has 1 saturated carbocycles. The first-order valence-corrected chi connectivity index (χ1v) is 9.98. The monoisotopic (exact) mass is 410 g/mol. The van der Waals surface area contributed by atoms with Gasteiger partial charge in [0, 0.05) is 11.6 Å². The molecule has 0 atom stereocenters. The Hall–Kier alpha value is -1.79. The fourth-order valence-electron chi connectivity index (χ4n) is 3.87. The van der Waals surface area contributed by atoms with Crippen LogP contribution in [0.25, 0.3) is 0 Å². The number of rotatable bonds is 6. The molecule has 1 saturated heterocycles. The maximum absolute atomic E-state index is 12.5. The summed E-state index contributed by atoms with van der Waals surface area (Å²) in [4.78, 5) is 24.0. The maximum atomic E-state index is 12.5. The highest BCUT2D eigenvalue weighted by Gasteiger charge is 2.27. The lowest BCUT2D eigenvalue weighted by Crippen LogP contribution is -2.38. The number of amides is 1. The zero-order valence-electron chi connectivity index (χ0n) is 16.4. The Bertz CT molecular complexity index is 624. The number of hydrogen-bond acceptors (Lipinski definition) is 5. The van der Waals surface area contributed by atoms with Crippen molar-refractivity contribution in [2.75, 3.05) is 26.8 Å². The lowest BCUT2D eigenvalue weighted by Gasteiger charge is -2.27. The zero-order valence-corrected chi connectivity index (χ0v) is 17.3. The van der Waals surface area contributed by atoms with Crippen molar-refractivity contribution in [3.63, 3.8) is 0 Å². The second-order valence-corrected chi connectivity index (χ2v) is 7.57. The van der Waals surface area contributed by atoms with E-state index in [1.54, 1.807) is 0 Å². The van der Waals surface area contributed by atoms with Crippen molar-refractivity contribution in [2.45, 2.75) is 44.6 Å². The summed E-state index contributed by atoms with van der Waals surface area (Å²) in [5.74, 6) is 1.18. The Morgan fingerprint density at radius 2 is 1.68 bits per heavy atom. The van der Waals surface area contributed by atoms with Crippen LogP contribution in [0.15, 0.2) is 24.3 Å². The summed E-state index contributed by atoms with van der Waals surface area (Å²) < 4.78 is 10.7. The summed E-state index contributed by atoms with van der Waals surface area (Å²) in [6.07, 6.45) is 5.45. The molecule has 0 aromatic heterocycles. The van der Waals surface area contributed by atoms with Gasteiger partial charge < -0.3 is 20.1 Å². The lowest BCUT2D eigenvalue weighted by molar-refractivity contribution is -0.146. The van der Waals surface area contributed by atoms with Crippen molar-refractivity contribution in [1.82, 2.24) is 10.6 Å². The molecule has 1 aromatic rings. The van der Waals surface area contributed by atoms with Crippen molar-refractivity contribution in [3.8, 4) is 5.75 Å². The predicted octanol–water partition coefficient (Wildman–Crippen LogP) is 2.95. The second kappa shape index (κ2) is 11.3. The fourth-order valence-corrected chi connectivity index (χ4v) is 3.87. The first kappa shape index (κ1) is 22.5. The Morgan fingerprint density at radius 3 is 2.29 bits per heavy atom. The van der Waals surface area contributed by atoms with E-state index in [1.165, 1.54) is 7.11 Å². The molecule has 2 aliphatic rings. The number of piperidine rings is 1. The van der Waals surface area contributed by atoms with Crippen LogP contribution in [-0.4, -0.2) is 44.7 Å². The van der Waals surface area contributed by atoms with E-state index < -0.39 is 0 Å². The SMILES string of the molecule is COC(=O)C1CCC(NC(=O)c2ccc(OCC3CCNCC3)cc2)CC1.Cl. The number of esters is 1. The first-order valence-electron chi connectivity index (χ1n) is 9.98. The molecule has 2 N–H and O–H groups in total. The van der Waals surface area contributed by atoms with Crippen molar-refractivity contribution < 1.29 is 19.1 Å². The Morgan fingerprint density at radius 1 is 1.04 bits per heavy atom. The number of benzene rings is 1. The van der Waals surface area contributed by atoms with Crippen LogP contribution in [0.4, 0.5) is 0 Å². The number of ether oxygens (including phenoxy) is 2. The van der Waals surface area contributed by atoms with Crippen LogP contribution in [0.3, 0.4) is 0 Å². The molecule has 1 heterocycles. The van der Waals surface area contributed by atoms with Gasteiger partial charge in [-0.15, -0.1) is 12.4 Å². The van der Waals surface area contributed by atoms with E-state index in [9.17, 15) is 9.59 Å². The summed E-state index contributed by atoms with van der Waals surface area (Å²) in [7, 11) is 1.43. The molecule has 3 rings (SSSR count). The highest BCUT2D eigenvalue weighted by atomic mass is 35.5. The number of carbonyl (C=O) groups is 2. The minimum absolute atomic E-state index is 0. The normalized spacial score (nSPS) is 22.6. The number of nitrogens with one attached hydrogen (secondary N) is 2. The molecule has 1 aliphatic heterocycles. The molecular weight excluding hydrogens is 380 g/mol. The highest BCUT2D eigenvalue weighted by Crippen LogP contribution is 2.25. The van der Waals surface area contributed by atoms with Crippen molar-refractivity contribution >= 4 is 24.3 Å². The third-order valence-electron chi connectivity index (χ3n) is 5.66. The van der Waals surface area contributed by atoms with Gasteiger partial charge in [0.15, 0.2) is 0 Å². The molecule has 0 spiro atoms. The molecule has 0 radical (unpaired) electrons. The van der Waals surface area contributed by atoms with E-state index in [4.69, 9.17) is 9.47 Å². The molecule has 156 valence electrons. The molecule has 0 bridgehead atoms. The van der Waals surface area contributed by atoms with Gasteiger partial charge in [-0.25, -0.2) is 0 Å². The van der Waals surface area contributed by atoms with Crippen LogP contribution in [-0.2, 0) is 9.53 Å². The number of carbonyl (C=O) groups excluding carboxylic acids is 2. The Kier molecular flexibility index (Phi) is 9.06. The van der Waals surface area contributed by atoms with Gasteiger partial charge in [-0.05, 0) is 81.8 Å². The zero-order chi connectivity index (χ0) is 19.1.